The molecule has 1 aromatic carbocycles. The van der Waals surface area contributed by atoms with Crippen molar-refractivity contribution in [1.82, 2.24) is 20.2 Å². The van der Waals surface area contributed by atoms with Gasteiger partial charge in [0.2, 0.25) is 11.1 Å². The molecule has 0 saturated heterocycles. The number of anilines is 1. The third-order valence-corrected chi connectivity index (χ3v) is 3.05. The summed E-state index contributed by atoms with van der Waals surface area (Å²) in [6.45, 7) is 0. The standard InChI is InChI=1S/C10H11N5O2S/c1-15-10(12-13-14-15)18-6-9(17)11-7-3-2-4-8(16)5-7/h2-5,16H,6H2,1H3,(H,11,17). The Labute approximate surface area is 107 Å². The van der Waals surface area contributed by atoms with E-state index < -0.39 is 0 Å². The van der Waals surface area contributed by atoms with Crippen LogP contribution >= 0.6 is 11.8 Å². The lowest BCUT2D eigenvalue weighted by molar-refractivity contribution is -0.113. The summed E-state index contributed by atoms with van der Waals surface area (Å²) in [5.41, 5.74) is 0.552. The first-order valence-electron chi connectivity index (χ1n) is 5.09. The molecule has 94 valence electrons. The molecule has 0 aliphatic heterocycles. The van der Waals surface area contributed by atoms with E-state index in [0.29, 0.717) is 10.8 Å². The van der Waals surface area contributed by atoms with Gasteiger partial charge in [-0.15, -0.1) is 5.10 Å². The third-order valence-electron chi connectivity index (χ3n) is 2.04. The van der Waals surface area contributed by atoms with Crippen molar-refractivity contribution < 1.29 is 9.90 Å². The van der Waals surface area contributed by atoms with E-state index in [9.17, 15) is 9.90 Å². The Morgan fingerprint density at radius 2 is 2.39 bits per heavy atom. The van der Waals surface area contributed by atoms with Gasteiger partial charge in [0.1, 0.15) is 5.75 Å². The summed E-state index contributed by atoms with van der Waals surface area (Å²) in [4.78, 5) is 11.6. The SMILES string of the molecule is Cn1nnnc1SCC(=O)Nc1cccc(O)c1. The zero-order valence-electron chi connectivity index (χ0n) is 9.57. The first-order valence-corrected chi connectivity index (χ1v) is 6.08. The van der Waals surface area contributed by atoms with Gasteiger partial charge in [0, 0.05) is 18.8 Å². The molecule has 0 saturated carbocycles. The highest BCUT2D eigenvalue weighted by Crippen LogP contribution is 2.17. The van der Waals surface area contributed by atoms with E-state index in [2.05, 4.69) is 20.8 Å². The van der Waals surface area contributed by atoms with Crippen molar-refractivity contribution in [2.24, 2.45) is 7.05 Å². The van der Waals surface area contributed by atoms with Gasteiger partial charge in [0.15, 0.2) is 0 Å². The van der Waals surface area contributed by atoms with E-state index in [0.717, 1.165) is 0 Å². The molecule has 1 aromatic heterocycles. The van der Waals surface area contributed by atoms with Gasteiger partial charge in [0.05, 0.1) is 5.75 Å². The van der Waals surface area contributed by atoms with Crippen LogP contribution in [0.25, 0.3) is 0 Å². The number of nitrogens with one attached hydrogen (secondary N) is 1. The number of nitrogens with zero attached hydrogens (tertiary/aromatic N) is 4. The molecular weight excluding hydrogens is 254 g/mol. The number of phenols is 1. The average molecular weight is 265 g/mol. The topological polar surface area (TPSA) is 92.9 Å². The molecule has 2 rings (SSSR count). The van der Waals surface area contributed by atoms with Gasteiger partial charge < -0.3 is 10.4 Å². The van der Waals surface area contributed by atoms with Gasteiger partial charge in [-0.25, -0.2) is 4.68 Å². The second-order valence-electron chi connectivity index (χ2n) is 3.47. The van der Waals surface area contributed by atoms with Crippen molar-refractivity contribution >= 4 is 23.4 Å². The molecule has 0 atom stereocenters. The van der Waals surface area contributed by atoms with Gasteiger partial charge in [-0.2, -0.15) is 0 Å². The Hall–Kier alpha value is -2.09. The summed E-state index contributed by atoms with van der Waals surface area (Å²) < 4.78 is 1.49. The van der Waals surface area contributed by atoms with Crippen LogP contribution in [0.3, 0.4) is 0 Å². The minimum Gasteiger partial charge on any atom is -0.508 e. The Bertz CT molecular complexity index is 557. The summed E-state index contributed by atoms with van der Waals surface area (Å²) in [6, 6.07) is 6.37. The zero-order chi connectivity index (χ0) is 13.0. The molecule has 2 aromatic rings. The molecule has 0 unspecified atom stereocenters. The van der Waals surface area contributed by atoms with Crippen LogP contribution in [-0.2, 0) is 11.8 Å². The average Bonchev–Trinajstić information content (AvgIpc) is 2.72. The number of hydrogen-bond acceptors (Lipinski definition) is 6. The number of aryl methyl sites for hydroxylation is 1. The summed E-state index contributed by atoms with van der Waals surface area (Å²) in [7, 11) is 1.70. The van der Waals surface area contributed by atoms with Crippen molar-refractivity contribution in [1.29, 1.82) is 0 Å². The number of phenolic OH excluding ortho intramolecular Hbond substituents is 1. The van der Waals surface area contributed by atoms with E-state index in [1.54, 1.807) is 19.2 Å². The minimum absolute atomic E-state index is 0.109. The number of benzene rings is 1. The van der Waals surface area contributed by atoms with Crippen LogP contribution < -0.4 is 5.32 Å². The molecule has 0 fully saturated rings. The van der Waals surface area contributed by atoms with Crippen molar-refractivity contribution in [3.8, 4) is 5.75 Å². The lowest BCUT2D eigenvalue weighted by Gasteiger charge is -2.04. The van der Waals surface area contributed by atoms with Gasteiger partial charge in [-0.05, 0) is 22.6 Å². The molecule has 0 radical (unpaired) electrons. The Morgan fingerprint density at radius 3 is 3.06 bits per heavy atom. The fraction of sp³-hybridized carbons (Fsp3) is 0.200. The summed E-state index contributed by atoms with van der Waals surface area (Å²) in [6.07, 6.45) is 0. The number of rotatable bonds is 4. The normalized spacial score (nSPS) is 10.3. The lowest BCUT2D eigenvalue weighted by atomic mass is 10.3. The Balaban J connectivity index is 1.88. The third kappa shape index (κ3) is 3.20. The van der Waals surface area contributed by atoms with Gasteiger partial charge in [-0.3, -0.25) is 4.79 Å². The lowest BCUT2D eigenvalue weighted by Crippen LogP contribution is -2.14. The molecule has 0 aliphatic carbocycles. The molecule has 0 spiro atoms. The maximum Gasteiger partial charge on any atom is 0.234 e. The Kier molecular flexibility index (Phi) is 3.78. The number of carbonyl (C=O) groups excluding carboxylic acids is 1. The highest BCUT2D eigenvalue weighted by atomic mass is 32.2. The first-order chi connectivity index (χ1) is 8.65. The van der Waals surface area contributed by atoms with Crippen LogP contribution in [0.1, 0.15) is 0 Å². The van der Waals surface area contributed by atoms with Crippen LogP contribution in [0.5, 0.6) is 5.75 Å². The van der Waals surface area contributed by atoms with Crippen LogP contribution in [0, 0.1) is 0 Å². The van der Waals surface area contributed by atoms with Gasteiger partial charge in [0.25, 0.3) is 0 Å². The monoisotopic (exact) mass is 265 g/mol. The maximum atomic E-state index is 11.6. The van der Waals surface area contributed by atoms with Gasteiger partial charge in [-0.1, -0.05) is 17.8 Å². The molecule has 7 nitrogen and oxygen atoms in total. The van der Waals surface area contributed by atoms with Crippen molar-refractivity contribution in [3.63, 3.8) is 0 Å². The Morgan fingerprint density at radius 1 is 1.56 bits per heavy atom. The quantitative estimate of drug-likeness (QED) is 0.788. The molecule has 8 heteroatoms. The number of hydrogen-bond donors (Lipinski definition) is 2. The fourth-order valence-corrected chi connectivity index (χ4v) is 1.90. The molecule has 0 bridgehead atoms. The van der Waals surface area contributed by atoms with Crippen LogP contribution in [0.2, 0.25) is 0 Å². The predicted molar refractivity (Wildman–Crippen MR) is 66.3 cm³/mol. The van der Waals surface area contributed by atoms with Crippen molar-refractivity contribution in [2.75, 3.05) is 11.1 Å². The van der Waals surface area contributed by atoms with Crippen molar-refractivity contribution in [2.45, 2.75) is 5.16 Å². The predicted octanol–water partition coefficient (Wildman–Crippen LogP) is 0.646. The number of aromatic hydroxyl groups is 1. The summed E-state index contributed by atoms with van der Waals surface area (Å²) in [5.74, 6) is 0.121. The van der Waals surface area contributed by atoms with E-state index in [1.807, 2.05) is 0 Å². The summed E-state index contributed by atoms with van der Waals surface area (Å²) in [5, 5.41) is 23.4. The van der Waals surface area contributed by atoms with Crippen LogP contribution in [0.15, 0.2) is 29.4 Å². The number of amides is 1. The molecule has 0 aliphatic rings. The van der Waals surface area contributed by atoms with E-state index in [1.165, 1.54) is 28.6 Å². The van der Waals surface area contributed by atoms with Gasteiger partial charge >= 0.3 is 0 Å². The molecular formula is C10H11N5O2S. The highest BCUT2D eigenvalue weighted by Gasteiger charge is 2.08. The largest absolute Gasteiger partial charge is 0.508 e. The molecule has 1 amide bonds. The molecule has 1 heterocycles. The van der Waals surface area contributed by atoms with E-state index in [4.69, 9.17) is 0 Å². The van der Waals surface area contributed by atoms with Crippen molar-refractivity contribution in [3.05, 3.63) is 24.3 Å². The van der Waals surface area contributed by atoms with E-state index in [-0.39, 0.29) is 17.4 Å². The minimum atomic E-state index is -0.186. The second kappa shape index (κ2) is 5.50. The number of thioether (sulfide) groups is 1. The first kappa shape index (κ1) is 12.4. The van der Waals surface area contributed by atoms with Crippen LogP contribution in [-0.4, -0.2) is 37.0 Å². The molecule has 18 heavy (non-hydrogen) atoms. The smallest absolute Gasteiger partial charge is 0.234 e. The fourth-order valence-electron chi connectivity index (χ4n) is 1.25. The maximum absolute atomic E-state index is 11.6. The highest BCUT2D eigenvalue weighted by molar-refractivity contribution is 7.99. The zero-order valence-corrected chi connectivity index (χ0v) is 10.4. The van der Waals surface area contributed by atoms with E-state index >= 15 is 0 Å². The number of aromatic nitrogens is 4. The second-order valence-corrected chi connectivity index (χ2v) is 4.41. The van der Waals surface area contributed by atoms with Crippen LogP contribution in [0.4, 0.5) is 5.69 Å². The number of carbonyl (C=O) groups is 1. The molecule has 2 N–H and O–H groups in total. The summed E-state index contributed by atoms with van der Waals surface area (Å²) >= 11 is 1.24. The number of tetrazole rings is 1.